The Labute approximate surface area is 110 Å². The number of nitrogens with zero attached hydrogens (tertiary/aromatic N) is 2. The molecule has 1 aromatic heterocycles. The maximum atomic E-state index is 12.8. The summed E-state index contributed by atoms with van der Waals surface area (Å²) in [6.07, 6.45) is 2.20. The molecule has 0 fully saturated rings. The van der Waals surface area contributed by atoms with Crippen LogP contribution >= 0.6 is 11.6 Å². The molecule has 0 bridgehead atoms. The molecule has 0 spiro atoms. The van der Waals surface area contributed by atoms with Gasteiger partial charge in [0.05, 0.1) is 23.0 Å². The van der Waals surface area contributed by atoms with Crippen LogP contribution < -0.4 is 5.73 Å². The number of aryl methyl sites for hydroxylation is 1. The minimum Gasteiger partial charge on any atom is -0.322 e. The molecule has 2 rings (SSSR count). The van der Waals surface area contributed by atoms with Gasteiger partial charge in [-0.3, -0.25) is 4.68 Å². The highest BCUT2D eigenvalue weighted by atomic mass is 35.5. The predicted molar refractivity (Wildman–Crippen MR) is 69.9 cm³/mol. The van der Waals surface area contributed by atoms with Crippen LogP contribution in [-0.4, -0.2) is 9.78 Å². The smallest absolute Gasteiger partial charge is 0.123 e. The topological polar surface area (TPSA) is 43.8 Å². The SMILES string of the molecule is CCn1ncc(Cl)c1C(N)Cc1ccc(F)cc1. The van der Waals surface area contributed by atoms with Crippen molar-refractivity contribution in [2.75, 3.05) is 0 Å². The fourth-order valence-electron chi connectivity index (χ4n) is 1.96. The molecule has 1 heterocycles. The zero-order valence-corrected chi connectivity index (χ0v) is 10.9. The third kappa shape index (κ3) is 2.71. The van der Waals surface area contributed by atoms with Crippen molar-refractivity contribution in [3.05, 3.63) is 52.6 Å². The average molecular weight is 268 g/mol. The van der Waals surface area contributed by atoms with E-state index in [4.69, 9.17) is 17.3 Å². The third-order valence-corrected chi connectivity index (χ3v) is 3.14. The van der Waals surface area contributed by atoms with Crippen LogP contribution in [0.2, 0.25) is 5.02 Å². The molecule has 2 aromatic rings. The molecule has 0 saturated carbocycles. The lowest BCUT2D eigenvalue weighted by molar-refractivity contribution is 0.568. The van der Waals surface area contributed by atoms with E-state index in [-0.39, 0.29) is 11.9 Å². The second-order valence-corrected chi connectivity index (χ2v) is 4.54. The number of aromatic nitrogens is 2. The minimum absolute atomic E-state index is 0.245. The van der Waals surface area contributed by atoms with Crippen molar-refractivity contribution in [3.8, 4) is 0 Å². The van der Waals surface area contributed by atoms with Gasteiger partial charge >= 0.3 is 0 Å². The maximum Gasteiger partial charge on any atom is 0.123 e. The zero-order valence-electron chi connectivity index (χ0n) is 10.1. The number of hydrogen-bond donors (Lipinski definition) is 1. The van der Waals surface area contributed by atoms with E-state index in [0.29, 0.717) is 11.4 Å². The first-order chi connectivity index (χ1) is 8.61. The second kappa shape index (κ2) is 5.50. The van der Waals surface area contributed by atoms with E-state index in [1.807, 2.05) is 6.92 Å². The van der Waals surface area contributed by atoms with Crippen molar-refractivity contribution in [3.63, 3.8) is 0 Å². The Morgan fingerprint density at radius 1 is 1.39 bits per heavy atom. The van der Waals surface area contributed by atoms with E-state index in [1.165, 1.54) is 12.1 Å². The second-order valence-electron chi connectivity index (χ2n) is 4.13. The highest BCUT2D eigenvalue weighted by Crippen LogP contribution is 2.24. The van der Waals surface area contributed by atoms with Gasteiger partial charge in [0, 0.05) is 6.54 Å². The molecule has 1 aromatic carbocycles. The van der Waals surface area contributed by atoms with Crippen molar-refractivity contribution in [2.45, 2.75) is 25.9 Å². The Morgan fingerprint density at radius 2 is 2.06 bits per heavy atom. The number of halogens is 2. The molecule has 0 saturated heterocycles. The molecular weight excluding hydrogens is 253 g/mol. The Morgan fingerprint density at radius 3 is 2.67 bits per heavy atom. The molecule has 0 aliphatic carbocycles. The highest BCUT2D eigenvalue weighted by Gasteiger charge is 2.16. The summed E-state index contributed by atoms with van der Waals surface area (Å²) in [5, 5.41) is 4.73. The molecule has 2 N–H and O–H groups in total. The quantitative estimate of drug-likeness (QED) is 0.926. The largest absolute Gasteiger partial charge is 0.322 e. The van der Waals surface area contributed by atoms with Crippen LogP contribution in [0.1, 0.15) is 24.2 Å². The highest BCUT2D eigenvalue weighted by molar-refractivity contribution is 6.31. The minimum atomic E-state index is -0.246. The zero-order chi connectivity index (χ0) is 13.1. The Balaban J connectivity index is 2.18. The third-order valence-electron chi connectivity index (χ3n) is 2.85. The molecule has 0 aliphatic heterocycles. The Kier molecular flexibility index (Phi) is 3.99. The van der Waals surface area contributed by atoms with Crippen molar-refractivity contribution >= 4 is 11.6 Å². The molecular formula is C13H15ClFN3. The fourth-order valence-corrected chi connectivity index (χ4v) is 2.24. The van der Waals surface area contributed by atoms with Gasteiger partial charge in [0.25, 0.3) is 0 Å². The summed E-state index contributed by atoms with van der Waals surface area (Å²) < 4.78 is 14.6. The Bertz CT molecular complexity index is 522. The van der Waals surface area contributed by atoms with Crippen LogP contribution in [0.4, 0.5) is 4.39 Å². The monoisotopic (exact) mass is 267 g/mol. The average Bonchev–Trinajstić information content (AvgIpc) is 2.73. The van der Waals surface area contributed by atoms with Crippen molar-refractivity contribution in [1.82, 2.24) is 9.78 Å². The summed E-state index contributed by atoms with van der Waals surface area (Å²) in [5.74, 6) is -0.246. The predicted octanol–water partition coefficient (Wildman–Crippen LogP) is 2.94. The molecule has 1 atom stereocenters. The summed E-state index contributed by atoms with van der Waals surface area (Å²) in [6.45, 7) is 2.70. The number of nitrogens with two attached hydrogens (primary N) is 1. The van der Waals surface area contributed by atoms with Gasteiger partial charge < -0.3 is 5.73 Å². The van der Waals surface area contributed by atoms with Crippen molar-refractivity contribution in [1.29, 1.82) is 0 Å². The van der Waals surface area contributed by atoms with E-state index in [0.717, 1.165) is 17.8 Å². The summed E-state index contributed by atoms with van der Waals surface area (Å²) >= 11 is 6.09. The van der Waals surface area contributed by atoms with Gasteiger partial charge in [-0.25, -0.2) is 4.39 Å². The summed E-state index contributed by atoms with van der Waals surface area (Å²) in [4.78, 5) is 0. The van der Waals surface area contributed by atoms with Gasteiger partial charge in [-0.15, -0.1) is 0 Å². The number of benzene rings is 1. The standard InChI is InChI=1S/C13H15ClFN3/c1-2-18-13(11(14)8-17-18)12(16)7-9-3-5-10(15)6-4-9/h3-6,8,12H,2,7,16H2,1H3. The lowest BCUT2D eigenvalue weighted by Crippen LogP contribution is -2.18. The lowest BCUT2D eigenvalue weighted by atomic mass is 10.0. The van der Waals surface area contributed by atoms with Crippen molar-refractivity contribution < 1.29 is 4.39 Å². The van der Waals surface area contributed by atoms with Gasteiger partial charge in [-0.2, -0.15) is 5.10 Å². The van der Waals surface area contributed by atoms with E-state index in [1.54, 1.807) is 23.0 Å². The molecule has 5 heteroatoms. The van der Waals surface area contributed by atoms with Crippen LogP contribution in [0, 0.1) is 5.82 Å². The summed E-state index contributed by atoms with van der Waals surface area (Å²) in [5.41, 5.74) is 7.95. The van der Waals surface area contributed by atoms with Crippen molar-refractivity contribution in [2.24, 2.45) is 5.73 Å². The fraction of sp³-hybridized carbons (Fsp3) is 0.308. The first kappa shape index (κ1) is 13.1. The van der Waals surface area contributed by atoms with Crippen LogP contribution in [0.5, 0.6) is 0 Å². The Hall–Kier alpha value is -1.39. The summed E-state index contributed by atoms with van der Waals surface area (Å²) in [6, 6.07) is 6.08. The van der Waals surface area contributed by atoms with E-state index in [9.17, 15) is 4.39 Å². The first-order valence-electron chi connectivity index (χ1n) is 5.83. The van der Waals surface area contributed by atoms with Gasteiger partial charge in [-0.05, 0) is 31.0 Å². The van der Waals surface area contributed by atoms with Gasteiger partial charge in [0.15, 0.2) is 0 Å². The lowest BCUT2D eigenvalue weighted by Gasteiger charge is -2.14. The first-order valence-corrected chi connectivity index (χ1v) is 6.20. The molecule has 96 valence electrons. The molecule has 3 nitrogen and oxygen atoms in total. The van der Waals surface area contributed by atoms with Crippen LogP contribution in [0.25, 0.3) is 0 Å². The number of hydrogen-bond acceptors (Lipinski definition) is 2. The summed E-state index contributed by atoms with van der Waals surface area (Å²) in [7, 11) is 0. The molecule has 18 heavy (non-hydrogen) atoms. The van der Waals surface area contributed by atoms with E-state index >= 15 is 0 Å². The molecule has 0 amide bonds. The number of rotatable bonds is 4. The van der Waals surface area contributed by atoms with Gasteiger partial charge in [0.1, 0.15) is 5.82 Å². The van der Waals surface area contributed by atoms with E-state index < -0.39 is 0 Å². The van der Waals surface area contributed by atoms with E-state index in [2.05, 4.69) is 5.10 Å². The van der Waals surface area contributed by atoms with Crippen LogP contribution in [-0.2, 0) is 13.0 Å². The molecule has 0 aliphatic rings. The van der Waals surface area contributed by atoms with Gasteiger partial charge in [-0.1, -0.05) is 23.7 Å². The molecule has 0 radical (unpaired) electrons. The van der Waals surface area contributed by atoms with Crippen LogP contribution in [0.3, 0.4) is 0 Å². The molecule has 1 unspecified atom stereocenters. The van der Waals surface area contributed by atoms with Crippen LogP contribution in [0.15, 0.2) is 30.5 Å². The normalized spacial score (nSPS) is 12.7. The van der Waals surface area contributed by atoms with Gasteiger partial charge in [0.2, 0.25) is 0 Å². The maximum absolute atomic E-state index is 12.8.